The molecule has 0 bridgehead atoms. The topological polar surface area (TPSA) is 46.6 Å². The van der Waals surface area contributed by atoms with Crippen molar-refractivity contribution in [1.29, 1.82) is 0 Å². The third-order valence-corrected chi connectivity index (χ3v) is 9.35. The molecule has 1 aliphatic heterocycles. The van der Waals surface area contributed by atoms with Gasteiger partial charge in [0.25, 0.3) is 11.8 Å². The van der Waals surface area contributed by atoms with Crippen molar-refractivity contribution in [3.63, 3.8) is 0 Å². The Balaban J connectivity index is 2.19. The van der Waals surface area contributed by atoms with Crippen molar-refractivity contribution >= 4 is 20.1 Å². The summed E-state index contributed by atoms with van der Waals surface area (Å²) in [4.78, 5) is 26.4. The molecule has 0 unspecified atom stereocenters. The molecule has 2 amide bonds. The molecular weight excluding hydrogens is 306 g/mol. The number of rotatable bonds is 5. The first-order chi connectivity index (χ1) is 10.6. The van der Waals surface area contributed by atoms with Gasteiger partial charge in [-0.15, -0.1) is 6.58 Å². The van der Waals surface area contributed by atoms with Gasteiger partial charge in [0.2, 0.25) is 0 Å². The first-order valence-electron chi connectivity index (χ1n) is 7.83. The van der Waals surface area contributed by atoms with Gasteiger partial charge in [-0.05, 0) is 30.3 Å². The first-order valence-corrected chi connectivity index (χ1v) is 10.7. The lowest BCUT2D eigenvalue weighted by atomic mass is 10.1. The maximum atomic E-state index is 12.5. The third kappa shape index (κ3) is 3.16. The highest BCUT2D eigenvalue weighted by molar-refractivity contribution is 6.74. The van der Waals surface area contributed by atoms with Crippen LogP contribution < -0.4 is 0 Å². The molecule has 0 saturated carbocycles. The smallest absolute Gasteiger partial charge is 0.262 e. The average Bonchev–Trinajstić information content (AvgIpc) is 2.72. The summed E-state index contributed by atoms with van der Waals surface area (Å²) < 4.78 is 6.18. The fraction of sp³-hybridized carbons (Fsp3) is 0.444. The average molecular weight is 331 g/mol. The van der Waals surface area contributed by atoms with Gasteiger partial charge in [-0.2, -0.15) is 0 Å². The van der Waals surface area contributed by atoms with Crippen LogP contribution in [-0.4, -0.2) is 37.7 Å². The van der Waals surface area contributed by atoms with Crippen LogP contribution in [0.15, 0.2) is 36.9 Å². The third-order valence-electron chi connectivity index (χ3n) is 4.85. The number of benzene rings is 1. The highest BCUT2D eigenvalue weighted by atomic mass is 28.4. The molecule has 0 aliphatic carbocycles. The molecule has 1 aromatic rings. The fourth-order valence-corrected chi connectivity index (χ4v) is 3.29. The Kier molecular flexibility index (Phi) is 4.64. The van der Waals surface area contributed by atoms with Crippen LogP contribution in [0.1, 0.15) is 41.5 Å². The largest absolute Gasteiger partial charge is 0.414 e. The van der Waals surface area contributed by atoms with Gasteiger partial charge in [-0.3, -0.25) is 14.5 Å². The second-order valence-electron chi connectivity index (χ2n) is 7.40. The number of carbonyl (C=O) groups excluding carboxylic acids is 2. The Labute approximate surface area is 139 Å². The van der Waals surface area contributed by atoms with E-state index in [-0.39, 0.29) is 16.9 Å². The van der Waals surface area contributed by atoms with Crippen molar-refractivity contribution in [2.24, 2.45) is 0 Å². The Bertz CT molecular complexity index is 611. The molecule has 0 aromatic heterocycles. The second-order valence-corrected chi connectivity index (χ2v) is 12.2. The van der Waals surface area contributed by atoms with Crippen LogP contribution in [0, 0.1) is 0 Å². The van der Waals surface area contributed by atoms with E-state index in [2.05, 4.69) is 40.4 Å². The van der Waals surface area contributed by atoms with Gasteiger partial charge >= 0.3 is 0 Å². The van der Waals surface area contributed by atoms with Crippen LogP contribution in [0.5, 0.6) is 0 Å². The van der Waals surface area contributed by atoms with Gasteiger partial charge in [0.1, 0.15) is 0 Å². The molecule has 1 aliphatic rings. The predicted octanol–water partition coefficient (Wildman–Crippen LogP) is 3.86. The Hall–Kier alpha value is -1.72. The van der Waals surface area contributed by atoms with Crippen LogP contribution in [0.4, 0.5) is 0 Å². The summed E-state index contributed by atoms with van der Waals surface area (Å²) in [5.74, 6) is -0.538. The minimum atomic E-state index is -1.96. The Morgan fingerprint density at radius 3 is 2.04 bits per heavy atom. The van der Waals surface area contributed by atoms with Gasteiger partial charge in [0.15, 0.2) is 8.32 Å². The number of fused-ring (bicyclic) bond motifs is 1. The molecule has 1 aromatic carbocycles. The van der Waals surface area contributed by atoms with Gasteiger partial charge in [0.05, 0.1) is 23.8 Å². The maximum absolute atomic E-state index is 12.5. The maximum Gasteiger partial charge on any atom is 0.262 e. The van der Waals surface area contributed by atoms with E-state index in [9.17, 15) is 9.59 Å². The van der Waals surface area contributed by atoms with Crippen LogP contribution in [-0.2, 0) is 4.43 Å². The molecule has 4 nitrogen and oxygen atoms in total. The van der Waals surface area contributed by atoms with Crippen molar-refractivity contribution in [3.05, 3.63) is 48.0 Å². The SMILES string of the molecule is C=C[C@H](CO[Si](C)(C)C(C)(C)C)N1C(=O)c2ccccc2C1=O. The number of amides is 2. The van der Waals surface area contributed by atoms with E-state index in [0.29, 0.717) is 17.7 Å². The number of hydrogen-bond donors (Lipinski definition) is 0. The molecule has 5 heteroatoms. The summed E-state index contributed by atoms with van der Waals surface area (Å²) in [5, 5.41) is 0.0701. The standard InChI is InChI=1S/C18H25NO3Si/c1-7-13(12-22-23(5,6)18(2,3)4)19-16(20)14-10-8-9-11-15(14)17(19)21/h7-11,13H,1,12H2,2-6H3/t13-/m1/s1. The predicted molar refractivity (Wildman–Crippen MR) is 94.1 cm³/mol. The zero-order valence-corrected chi connectivity index (χ0v) is 15.6. The number of nitrogens with zero attached hydrogens (tertiary/aromatic N) is 1. The zero-order chi connectivity index (χ0) is 17.4. The molecule has 23 heavy (non-hydrogen) atoms. The lowest BCUT2D eigenvalue weighted by Gasteiger charge is -2.37. The molecule has 0 fully saturated rings. The molecule has 1 heterocycles. The summed E-state index contributed by atoms with van der Waals surface area (Å²) in [7, 11) is -1.96. The first kappa shape index (κ1) is 17.6. The van der Waals surface area contributed by atoms with Gasteiger partial charge < -0.3 is 4.43 Å². The molecule has 0 spiro atoms. The summed E-state index contributed by atoms with van der Waals surface area (Å²) in [6.07, 6.45) is 1.62. The minimum Gasteiger partial charge on any atom is -0.414 e. The summed E-state index contributed by atoms with van der Waals surface area (Å²) in [5.41, 5.74) is 0.911. The van der Waals surface area contributed by atoms with Crippen molar-refractivity contribution in [3.8, 4) is 0 Å². The van der Waals surface area contributed by atoms with E-state index in [1.165, 1.54) is 4.90 Å². The molecule has 2 rings (SSSR count). The minimum absolute atomic E-state index is 0.0701. The molecular formula is C18H25NO3Si. The highest BCUT2D eigenvalue weighted by Gasteiger charge is 2.41. The van der Waals surface area contributed by atoms with Gasteiger partial charge in [-0.1, -0.05) is 39.0 Å². The molecule has 0 radical (unpaired) electrons. The van der Waals surface area contributed by atoms with Crippen LogP contribution in [0.2, 0.25) is 18.1 Å². The number of imide groups is 1. The van der Waals surface area contributed by atoms with Crippen molar-refractivity contribution in [1.82, 2.24) is 4.90 Å². The van der Waals surface area contributed by atoms with Crippen molar-refractivity contribution in [2.45, 2.75) is 44.9 Å². The fourth-order valence-electron chi connectivity index (χ4n) is 2.27. The number of carbonyl (C=O) groups is 2. The highest BCUT2D eigenvalue weighted by Crippen LogP contribution is 2.37. The monoisotopic (exact) mass is 331 g/mol. The summed E-state index contributed by atoms with van der Waals surface area (Å²) >= 11 is 0. The summed E-state index contributed by atoms with van der Waals surface area (Å²) in [6, 6.07) is 6.46. The van der Waals surface area contributed by atoms with E-state index >= 15 is 0 Å². The van der Waals surface area contributed by atoms with E-state index in [4.69, 9.17) is 4.43 Å². The van der Waals surface area contributed by atoms with Crippen molar-refractivity contribution < 1.29 is 14.0 Å². The van der Waals surface area contributed by atoms with Crippen LogP contribution in [0.3, 0.4) is 0 Å². The summed E-state index contributed by atoms with van der Waals surface area (Å²) in [6.45, 7) is 14.9. The number of hydrogen-bond acceptors (Lipinski definition) is 3. The lowest BCUT2D eigenvalue weighted by molar-refractivity contribution is 0.0570. The molecule has 1 atom stereocenters. The Morgan fingerprint density at radius 1 is 1.17 bits per heavy atom. The van der Waals surface area contributed by atoms with Crippen LogP contribution >= 0.6 is 0 Å². The normalized spacial score (nSPS) is 16.5. The van der Waals surface area contributed by atoms with E-state index in [0.717, 1.165) is 0 Å². The van der Waals surface area contributed by atoms with E-state index in [1.54, 1.807) is 30.3 Å². The molecule has 124 valence electrons. The quantitative estimate of drug-likeness (QED) is 0.467. The zero-order valence-electron chi connectivity index (χ0n) is 14.6. The van der Waals surface area contributed by atoms with E-state index in [1.807, 2.05) is 0 Å². The van der Waals surface area contributed by atoms with Gasteiger partial charge in [0, 0.05) is 0 Å². The van der Waals surface area contributed by atoms with Gasteiger partial charge in [-0.25, -0.2) is 0 Å². The lowest BCUT2D eigenvalue weighted by Crippen LogP contribution is -2.47. The van der Waals surface area contributed by atoms with Crippen LogP contribution in [0.25, 0.3) is 0 Å². The second kappa shape index (κ2) is 6.05. The Morgan fingerprint density at radius 2 is 1.65 bits per heavy atom. The van der Waals surface area contributed by atoms with E-state index < -0.39 is 14.4 Å². The van der Waals surface area contributed by atoms with Crippen molar-refractivity contribution in [2.75, 3.05) is 6.61 Å². The molecule has 0 N–H and O–H groups in total. The molecule has 0 saturated heterocycles.